The number of aryl methyl sites for hydroxylation is 2. The number of nitrogens with two attached hydrogens (primary N) is 1. The van der Waals surface area contributed by atoms with Crippen molar-refractivity contribution in [3.8, 4) is 16.9 Å². The fraction of sp³-hybridized carbons (Fsp3) is 0.250. The van der Waals surface area contributed by atoms with E-state index < -0.39 is 0 Å². The van der Waals surface area contributed by atoms with Crippen LogP contribution in [0, 0.1) is 19.7 Å². The van der Waals surface area contributed by atoms with Crippen molar-refractivity contribution in [2.75, 3.05) is 7.11 Å². The molecule has 3 heteroatoms. The molecule has 0 heterocycles. The third-order valence-corrected chi connectivity index (χ3v) is 3.27. The molecule has 0 aliphatic heterocycles. The second kappa shape index (κ2) is 5.41. The van der Waals surface area contributed by atoms with E-state index in [0.29, 0.717) is 6.54 Å². The molecule has 2 aromatic carbocycles. The van der Waals surface area contributed by atoms with E-state index >= 15 is 0 Å². The Morgan fingerprint density at radius 3 is 2.26 bits per heavy atom. The maximum absolute atomic E-state index is 13.5. The van der Waals surface area contributed by atoms with Gasteiger partial charge in [-0.1, -0.05) is 6.07 Å². The van der Waals surface area contributed by atoms with Gasteiger partial charge < -0.3 is 10.5 Å². The lowest BCUT2D eigenvalue weighted by atomic mass is 9.96. The van der Waals surface area contributed by atoms with Gasteiger partial charge in [0.1, 0.15) is 11.6 Å². The highest BCUT2D eigenvalue weighted by molar-refractivity contribution is 5.70. The molecule has 0 fully saturated rings. The molecular weight excluding hydrogens is 241 g/mol. The average Bonchev–Trinajstić information content (AvgIpc) is 2.38. The van der Waals surface area contributed by atoms with Crippen LogP contribution in [0.4, 0.5) is 4.39 Å². The first-order valence-corrected chi connectivity index (χ1v) is 6.21. The summed E-state index contributed by atoms with van der Waals surface area (Å²) in [5.41, 5.74) is 10.5. The van der Waals surface area contributed by atoms with Crippen LogP contribution in [-0.2, 0) is 6.54 Å². The third kappa shape index (κ3) is 2.61. The Hall–Kier alpha value is -1.87. The van der Waals surface area contributed by atoms with Gasteiger partial charge in [-0.3, -0.25) is 0 Å². The Labute approximate surface area is 113 Å². The minimum Gasteiger partial charge on any atom is -0.496 e. The van der Waals surface area contributed by atoms with Crippen LogP contribution < -0.4 is 10.5 Å². The minimum absolute atomic E-state index is 0.252. The highest BCUT2D eigenvalue weighted by Gasteiger charge is 2.10. The zero-order valence-electron chi connectivity index (χ0n) is 11.5. The van der Waals surface area contributed by atoms with Crippen LogP contribution >= 0.6 is 0 Å². The van der Waals surface area contributed by atoms with Crippen molar-refractivity contribution in [2.45, 2.75) is 20.4 Å². The van der Waals surface area contributed by atoms with E-state index in [2.05, 4.69) is 0 Å². The Morgan fingerprint density at radius 2 is 1.74 bits per heavy atom. The van der Waals surface area contributed by atoms with Gasteiger partial charge >= 0.3 is 0 Å². The largest absolute Gasteiger partial charge is 0.496 e. The SMILES string of the molecule is COc1c(C)cc(-c2cc(F)ccc2CN)cc1C. The molecule has 0 bridgehead atoms. The number of ether oxygens (including phenoxy) is 1. The molecule has 0 aliphatic rings. The van der Waals surface area contributed by atoms with E-state index in [1.807, 2.05) is 26.0 Å². The zero-order valence-corrected chi connectivity index (χ0v) is 11.5. The summed E-state index contributed by atoms with van der Waals surface area (Å²) in [6.07, 6.45) is 0. The standard InChI is InChI=1S/C16H18FNO/c1-10-6-13(7-11(2)16(10)19-3)15-8-14(17)5-4-12(15)9-18/h4-8H,9,18H2,1-3H3. The summed E-state index contributed by atoms with van der Waals surface area (Å²) < 4.78 is 18.8. The molecule has 0 aromatic heterocycles. The first-order valence-electron chi connectivity index (χ1n) is 6.21. The molecule has 0 atom stereocenters. The minimum atomic E-state index is -0.252. The molecule has 2 nitrogen and oxygen atoms in total. The lowest BCUT2D eigenvalue weighted by molar-refractivity contribution is 0.408. The second-order valence-corrected chi connectivity index (χ2v) is 4.65. The van der Waals surface area contributed by atoms with E-state index in [4.69, 9.17) is 10.5 Å². The number of hydrogen-bond acceptors (Lipinski definition) is 2. The summed E-state index contributed by atoms with van der Waals surface area (Å²) in [6, 6.07) is 8.71. The number of methoxy groups -OCH3 is 1. The summed E-state index contributed by atoms with van der Waals surface area (Å²) in [4.78, 5) is 0. The smallest absolute Gasteiger partial charge is 0.124 e. The lowest BCUT2D eigenvalue weighted by Crippen LogP contribution is -2.00. The summed E-state index contributed by atoms with van der Waals surface area (Å²) in [5, 5.41) is 0. The van der Waals surface area contributed by atoms with Gasteiger partial charge in [0.2, 0.25) is 0 Å². The van der Waals surface area contributed by atoms with Crippen LogP contribution in [0.25, 0.3) is 11.1 Å². The maximum Gasteiger partial charge on any atom is 0.124 e. The van der Waals surface area contributed by atoms with Crippen LogP contribution in [0.2, 0.25) is 0 Å². The van der Waals surface area contributed by atoms with E-state index in [1.54, 1.807) is 13.2 Å². The quantitative estimate of drug-likeness (QED) is 0.914. The molecule has 0 saturated carbocycles. The first kappa shape index (κ1) is 13.6. The molecular formula is C16H18FNO. The number of halogens is 1. The third-order valence-electron chi connectivity index (χ3n) is 3.27. The highest BCUT2D eigenvalue weighted by atomic mass is 19.1. The highest BCUT2D eigenvalue weighted by Crippen LogP contribution is 2.32. The van der Waals surface area contributed by atoms with Crippen LogP contribution in [0.1, 0.15) is 16.7 Å². The Balaban J connectivity index is 2.62. The van der Waals surface area contributed by atoms with Crippen molar-refractivity contribution in [3.63, 3.8) is 0 Å². The van der Waals surface area contributed by atoms with Crippen LogP contribution in [0.3, 0.4) is 0 Å². The van der Waals surface area contributed by atoms with Crippen molar-refractivity contribution >= 4 is 0 Å². The first-order chi connectivity index (χ1) is 9.06. The molecule has 0 spiro atoms. The summed E-state index contributed by atoms with van der Waals surface area (Å²) in [6.45, 7) is 4.35. The van der Waals surface area contributed by atoms with Gasteiger partial charge in [0.25, 0.3) is 0 Å². The van der Waals surface area contributed by atoms with Gasteiger partial charge in [-0.25, -0.2) is 4.39 Å². The van der Waals surface area contributed by atoms with Crippen LogP contribution in [-0.4, -0.2) is 7.11 Å². The fourth-order valence-electron chi connectivity index (χ4n) is 2.42. The number of hydrogen-bond donors (Lipinski definition) is 1. The predicted molar refractivity (Wildman–Crippen MR) is 75.8 cm³/mol. The summed E-state index contributed by atoms with van der Waals surface area (Å²) in [7, 11) is 1.66. The van der Waals surface area contributed by atoms with E-state index in [1.165, 1.54) is 12.1 Å². The van der Waals surface area contributed by atoms with E-state index in [0.717, 1.165) is 33.6 Å². The molecule has 2 rings (SSSR count). The van der Waals surface area contributed by atoms with Crippen LogP contribution in [0.15, 0.2) is 30.3 Å². The molecule has 2 aromatic rings. The molecule has 0 amide bonds. The van der Waals surface area contributed by atoms with Gasteiger partial charge in [0, 0.05) is 6.54 Å². The fourth-order valence-corrected chi connectivity index (χ4v) is 2.42. The van der Waals surface area contributed by atoms with Gasteiger partial charge in [-0.15, -0.1) is 0 Å². The molecule has 0 saturated heterocycles. The molecule has 0 unspecified atom stereocenters. The normalized spacial score (nSPS) is 10.6. The van der Waals surface area contributed by atoms with Crippen molar-refractivity contribution in [1.82, 2.24) is 0 Å². The second-order valence-electron chi connectivity index (χ2n) is 4.65. The van der Waals surface area contributed by atoms with Crippen molar-refractivity contribution in [1.29, 1.82) is 0 Å². The van der Waals surface area contributed by atoms with E-state index in [-0.39, 0.29) is 5.82 Å². The predicted octanol–water partition coefficient (Wildman–Crippen LogP) is 3.58. The molecule has 19 heavy (non-hydrogen) atoms. The Kier molecular flexibility index (Phi) is 3.86. The summed E-state index contributed by atoms with van der Waals surface area (Å²) in [5.74, 6) is 0.618. The van der Waals surface area contributed by atoms with Gasteiger partial charge in [-0.05, 0) is 65.9 Å². The van der Waals surface area contributed by atoms with Crippen molar-refractivity contribution in [3.05, 3.63) is 52.8 Å². The number of benzene rings is 2. The van der Waals surface area contributed by atoms with Crippen molar-refractivity contribution < 1.29 is 9.13 Å². The van der Waals surface area contributed by atoms with Gasteiger partial charge in [0.05, 0.1) is 7.11 Å². The Bertz CT molecular complexity index is 585. The lowest BCUT2D eigenvalue weighted by Gasteiger charge is -2.14. The molecule has 0 radical (unpaired) electrons. The molecule has 100 valence electrons. The van der Waals surface area contributed by atoms with Crippen LogP contribution in [0.5, 0.6) is 5.75 Å². The monoisotopic (exact) mass is 259 g/mol. The summed E-state index contributed by atoms with van der Waals surface area (Å²) >= 11 is 0. The van der Waals surface area contributed by atoms with E-state index in [9.17, 15) is 4.39 Å². The zero-order chi connectivity index (χ0) is 14.0. The molecule has 0 aliphatic carbocycles. The van der Waals surface area contributed by atoms with Gasteiger partial charge in [0.15, 0.2) is 0 Å². The topological polar surface area (TPSA) is 35.2 Å². The van der Waals surface area contributed by atoms with Crippen molar-refractivity contribution in [2.24, 2.45) is 5.73 Å². The number of rotatable bonds is 3. The molecule has 2 N–H and O–H groups in total. The average molecular weight is 259 g/mol. The maximum atomic E-state index is 13.5. The van der Waals surface area contributed by atoms with Gasteiger partial charge in [-0.2, -0.15) is 0 Å². The Morgan fingerprint density at radius 1 is 1.11 bits per heavy atom.